The van der Waals surface area contributed by atoms with E-state index in [1.807, 2.05) is 37.3 Å². The van der Waals surface area contributed by atoms with Crippen molar-refractivity contribution in [2.24, 2.45) is 0 Å². The maximum absolute atomic E-state index is 11.4. The molecule has 0 spiro atoms. The summed E-state index contributed by atoms with van der Waals surface area (Å²) in [5, 5.41) is 12.7. The summed E-state index contributed by atoms with van der Waals surface area (Å²) in [5.41, 5.74) is 0. The van der Waals surface area contributed by atoms with Gasteiger partial charge >= 0.3 is 0 Å². The van der Waals surface area contributed by atoms with Gasteiger partial charge in [0.1, 0.15) is 18.5 Å². The van der Waals surface area contributed by atoms with E-state index in [-0.39, 0.29) is 12.4 Å². The molecule has 21 heavy (non-hydrogen) atoms. The molecule has 1 rings (SSSR count). The summed E-state index contributed by atoms with van der Waals surface area (Å²) < 4.78 is 30.7. The van der Waals surface area contributed by atoms with Crippen molar-refractivity contribution in [2.75, 3.05) is 32.0 Å². The van der Waals surface area contributed by atoms with Crippen LogP contribution in [0, 0.1) is 0 Å². The van der Waals surface area contributed by atoms with Crippen LogP contribution >= 0.6 is 0 Å². The van der Waals surface area contributed by atoms with Crippen LogP contribution in [0.5, 0.6) is 5.75 Å². The molecule has 0 heterocycles. The zero-order valence-corrected chi connectivity index (χ0v) is 13.1. The summed E-state index contributed by atoms with van der Waals surface area (Å²) in [6.07, 6.45) is -0.0457. The van der Waals surface area contributed by atoms with Crippen molar-refractivity contribution in [1.29, 1.82) is 0 Å². The predicted octanol–water partition coefficient (Wildman–Crippen LogP) is 0.345. The third-order valence-electron chi connectivity index (χ3n) is 2.66. The highest BCUT2D eigenvalue weighted by Gasteiger charge is 2.08. The molecule has 0 unspecified atom stereocenters. The number of hydrogen-bond acceptors (Lipinski definition) is 5. The van der Waals surface area contributed by atoms with E-state index in [0.717, 1.165) is 0 Å². The van der Waals surface area contributed by atoms with Gasteiger partial charge in [-0.25, -0.2) is 13.1 Å². The van der Waals surface area contributed by atoms with E-state index in [2.05, 4.69) is 10.0 Å². The quantitative estimate of drug-likeness (QED) is 0.513. The standard InChI is InChI=1S/C14H24N2O4S/c1-2-10-21(18,19)16-9-8-15-11-13(17)12-20-14-6-4-3-5-7-14/h3-7,13,15-17H,2,8-12H2,1H3/t13-/m1/s1. The van der Waals surface area contributed by atoms with Gasteiger partial charge in [0.05, 0.1) is 5.75 Å². The van der Waals surface area contributed by atoms with Crippen LogP contribution in [0.4, 0.5) is 0 Å². The molecule has 7 heteroatoms. The lowest BCUT2D eigenvalue weighted by molar-refractivity contribution is 0.107. The van der Waals surface area contributed by atoms with Crippen LogP contribution in [0.1, 0.15) is 13.3 Å². The number of rotatable bonds is 11. The van der Waals surface area contributed by atoms with E-state index < -0.39 is 16.1 Å². The Hall–Kier alpha value is -1.15. The molecular weight excluding hydrogens is 292 g/mol. The van der Waals surface area contributed by atoms with Crippen molar-refractivity contribution >= 4 is 10.0 Å². The van der Waals surface area contributed by atoms with Crippen molar-refractivity contribution in [3.8, 4) is 5.75 Å². The first-order chi connectivity index (χ1) is 10.0. The zero-order chi connectivity index (χ0) is 15.6. The molecule has 0 saturated carbocycles. The Morgan fingerprint density at radius 1 is 1.24 bits per heavy atom. The smallest absolute Gasteiger partial charge is 0.211 e. The van der Waals surface area contributed by atoms with E-state index in [9.17, 15) is 13.5 Å². The molecule has 3 N–H and O–H groups in total. The Kier molecular flexibility index (Phi) is 8.29. The second kappa shape index (κ2) is 9.73. The third kappa shape index (κ3) is 8.67. The van der Waals surface area contributed by atoms with Gasteiger partial charge in [-0.3, -0.25) is 0 Å². The van der Waals surface area contributed by atoms with E-state index in [1.54, 1.807) is 0 Å². The third-order valence-corrected chi connectivity index (χ3v) is 4.25. The molecule has 0 aliphatic heterocycles. The van der Waals surface area contributed by atoms with E-state index in [4.69, 9.17) is 4.74 Å². The Labute approximate surface area is 126 Å². The Morgan fingerprint density at radius 3 is 2.62 bits per heavy atom. The van der Waals surface area contributed by atoms with Crippen LogP contribution in [0.3, 0.4) is 0 Å². The number of para-hydroxylation sites is 1. The minimum absolute atomic E-state index is 0.139. The Morgan fingerprint density at radius 2 is 1.95 bits per heavy atom. The van der Waals surface area contributed by atoms with Crippen LogP contribution < -0.4 is 14.8 Å². The molecule has 0 aromatic heterocycles. The van der Waals surface area contributed by atoms with E-state index in [0.29, 0.717) is 31.8 Å². The second-order valence-corrected chi connectivity index (χ2v) is 6.62. The molecule has 0 saturated heterocycles. The SMILES string of the molecule is CCCS(=O)(=O)NCCNC[C@@H](O)COc1ccccc1. The molecule has 0 radical (unpaired) electrons. The fourth-order valence-corrected chi connectivity index (χ4v) is 2.77. The number of ether oxygens (including phenoxy) is 1. The fraction of sp³-hybridized carbons (Fsp3) is 0.571. The molecule has 0 fully saturated rings. The lowest BCUT2D eigenvalue weighted by Crippen LogP contribution is -2.37. The maximum Gasteiger partial charge on any atom is 0.211 e. The molecule has 6 nitrogen and oxygen atoms in total. The molecule has 0 aliphatic rings. The second-order valence-electron chi connectivity index (χ2n) is 4.70. The maximum atomic E-state index is 11.4. The molecular formula is C14H24N2O4S. The summed E-state index contributed by atoms with van der Waals surface area (Å²) in [6, 6.07) is 9.26. The average molecular weight is 316 g/mol. The number of benzene rings is 1. The van der Waals surface area contributed by atoms with Crippen LogP contribution in [0.25, 0.3) is 0 Å². The Bertz CT molecular complexity index is 479. The average Bonchev–Trinajstić information content (AvgIpc) is 2.45. The number of nitrogens with one attached hydrogen (secondary N) is 2. The monoisotopic (exact) mass is 316 g/mol. The van der Waals surface area contributed by atoms with Crippen molar-refractivity contribution in [1.82, 2.24) is 10.0 Å². The summed E-state index contributed by atoms with van der Waals surface area (Å²) >= 11 is 0. The first-order valence-corrected chi connectivity index (χ1v) is 8.72. The van der Waals surface area contributed by atoms with Gasteiger partial charge in [0.15, 0.2) is 0 Å². The van der Waals surface area contributed by atoms with Gasteiger partial charge < -0.3 is 15.2 Å². The van der Waals surface area contributed by atoms with Gasteiger partial charge in [-0.2, -0.15) is 0 Å². The lowest BCUT2D eigenvalue weighted by Gasteiger charge is -2.13. The van der Waals surface area contributed by atoms with Crippen molar-refractivity contribution in [3.63, 3.8) is 0 Å². The van der Waals surface area contributed by atoms with Gasteiger partial charge in [0.2, 0.25) is 10.0 Å². The normalized spacial score (nSPS) is 13.0. The molecule has 120 valence electrons. The summed E-state index contributed by atoms with van der Waals surface area (Å²) in [5.74, 6) is 0.851. The van der Waals surface area contributed by atoms with Crippen LogP contribution in [0.15, 0.2) is 30.3 Å². The highest BCUT2D eigenvalue weighted by molar-refractivity contribution is 7.89. The number of sulfonamides is 1. The predicted molar refractivity (Wildman–Crippen MR) is 82.9 cm³/mol. The largest absolute Gasteiger partial charge is 0.491 e. The molecule has 1 aromatic carbocycles. The van der Waals surface area contributed by atoms with Gasteiger partial charge in [-0.05, 0) is 18.6 Å². The van der Waals surface area contributed by atoms with E-state index in [1.165, 1.54) is 0 Å². The first kappa shape index (κ1) is 17.9. The number of aliphatic hydroxyl groups is 1. The van der Waals surface area contributed by atoms with Crippen LogP contribution in [0.2, 0.25) is 0 Å². The minimum atomic E-state index is -3.16. The number of hydrogen-bond donors (Lipinski definition) is 3. The van der Waals surface area contributed by atoms with Crippen LogP contribution in [-0.4, -0.2) is 51.6 Å². The summed E-state index contributed by atoms with van der Waals surface area (Å²) in [4.78, 5) is 0. The van der Waals surface area contributed by atoms with Gasteiger partial charge in [-0.1, -0.05) is 25.1 Å². The highest BCUT2D eigenvalue weighted by atomic mass is 32.2. The molecule has 1 aromatic rings. The van der Waals surface area contributed by atoms with Crippen molar-refractivity contribution in [2.45, 2.75) is 19.4 Å². The molecule has 0 amide bonds. The van der Waals surface area contributed by atoms with Gasteiger partial charge in [0, 0.05) is 19.6 Å². The Balaban J connectivity index is 2.07. The minimum Gasteiger partial charge on any atom is -0.491 e. The van der Waals surface area contributed by atoms with Crippen molar-refractivity contribution in [3.05, 3.63) is 30.3 Å². The fourth-order valence-electron chi connectivity index (χ4n) is 1.67. The zero-order valence-electron chi connectivity index (χ0n) is 12.3. The molecule has 1 atom stereocenters. The topological polar surface area (TPSA) is 87.7 Å². The highest BCUT2D eigenvalue weighted by Crippen LogP contribution is 2.08. The van der Waals surface area contributed by atoms with Crippen molar-refractivity contribution < 1.29 is 18.3 Å². The first-order valence-electron chi connectivity index (χ1n) is 7.07. The van der Waals surface area contributed by atoms with E-state index >= 15 is 0 Å². The molecule has 0 bridgehead atoms. The molecule has 0 aliphatic carbocycles. The lowest BCUT2D eigenvalue weighted by atomic mass is 10.3. The van der Waals surface area contributed by atoms with Gasteiger partial charge in [-0.15, -0.1) is 0 Å². The summed E-state index contributed by atoms with van der Waals surface area (Å²) in [7, 11) is -3.16. The van der Waals surface area contributed by atoms with Crippen LogP contribution in [-0.2, 0) is 10.0 Å². The number of aliphatic hydroxyl groups excluding tert-OH is 1. The summed E-state index contributed by atoms with van der Waals surface area (Å²) in [6.45, 7) is 3.14. The van der Waals surface area contributed by atoms with Gasteiger partial charge in [0.25, 0.3) is 0 Å².